The Hall–Kier alpha value is -3.99. The zero-order valence-electron chi connectivity index (χ0n) is 19.6. The molecule has 0 aliphatic carbocycles. The molecule has 8 heteroatoms. The molecule has 2 aliphatic rings. The lowest BCUT2D eigenvalue weighted by atomic mass is 10.0. The highest BCUT2D eigenvalue weighted by Crippen LogP contribution is 2.29. The van der Waals surface area contributed by atoms with Crippen molar-refractivity contribution in [2.75, 3.05) is 19.7 Å². The topological polar surface area (TPSA) is 77.0 Å². The Balaban J connectivity index is 1.63. The molecule has 3 aromatic rings. The van der Waals surface area contributed by atoms with Crippen LogP contribution in [0.1, 0.15) is 43.1 Å². The Bertz CT molecular complexity index is 1450. The van der Waals surface area contributed by atoms with Crippen molar-refractivity contribution in [3.8, 4) is 6.01 Å². The molecule has 34 heavy (non-hydrogen) atoms. The minimum Gasteiger partial charge on any atom is -0.463 e. The van der Waals surface area contributed by atoms with Crippen LogP contribution in [0.5, 0.6) is 6.01 Å². The number of ether oxygens (including phenoxy) is 1. The molecule has 0 unspecified atom stereocenters. The molecular formula is C26H26N6O2. The van der Waals surface area contributed by atoms with Crippen molar-refractivity contribution in [1.82, 2.24) is 19.4 Å². The largest absolute Gasteiger partial charge is 0.463 e. The van der Waals surface area contributed by atoms with E-state index in [2.05, 4.69) is 17.0 Å². The van der Waals surface area contributed by atoms with Gasteiger partial charge in [0.15, 0.2) is 11.2 Å². The molecule has 0 spiro atoms. The molecule has 0 saturated carbocycles. The van der Waals surface area contributed by atoms with Gasteiger partial charge in [0.25, 0.3) is 6.01 Å². The Labute approximate surface area is 198 Å². The van der Waals surface area contributed by atoms with Gasteiger partial charge in [-0.15, -0.1) is 0 Å². The van der Waals surface area contributed by atoms with Crippen molar-refractivity contribution in [3.63, 3.8) is 0 Å². The molecule has 2 aromatic heterocycles. The summed E-state index contributed by atoms with van der Waals surface area (Å²) in [6, 6.07) is 8.16. The molecule has 0 radical (unpaired) electrons. The summed E-state index contributed by atoms with van der Waals surface area (Å²) in [5.41, 5.74) is 6.13. The molecule has 172 valence electrons. The van der Waals surface area contributed by atoms with Gasteiger partial charge in [0, 0.05) is 25.4 Å². The maximum atomic E-state index is 11.7. The lowest BCUT2D eigenvalue weighted by Crippen LogP contribution is -2.32. The number of carbonyl (C=O) groups is 1. The first-order valence-corrected chi connectivity index (χ1v) is 11.5. The third-order valence-corrected chi connectivity index (χ3v) is 6.61. The lowest BCUT2D eigenvalue weighted by Gasteiger charge is -2.25. The summed E-state index contributed by atoms with van der Waals surface area (Å²) in [7, 11) is 0. The number of nitrogens with zero attached hydrogens (tertiary/aromatic N) is 6. The molecule has 1 amide bonds. The number of carbonyl (C=O) groups excluding carboxylic acids is 1. The average Bonchev–Trinajstić information content (AvgIpc) is 3.32. The molecule has 0 N–H and O–H groups in total. The summed E-state index contributed by atoms with van der Waals surface area (Å²) < 4.78 is 7.79. The van der Waals surface area contributed by atoms with Crippen LogP contribution in [0.4, 0.5) is 5.69 Å². The molecular weight excluding hydrogens is 428 g/mol. The molecule has 0 bridgehead atoms. The predicted molar refractivity (Wildman–Crippen MR) is 129 cm³/mol. The van der Waals surface area contributed by atoms with Gasteiger partial charge in [0.1, 0.15) is 6.61 Å². The highest BCUT2D eigenvalue weighted by molar-refractivity contribution is 5.82. The number of benzene rings is 1. The Morgan fingerprint density at radius 2 is 2.18 bits per heavy atom. The number of rotatable bonds is 3. The molecule has 1 atom stereocenters. The van der Waals surface area contributed by atoms with Crippen molar-refractivity contribution in [1.29, 1.82) is 0 Å². The van der Waals surface area contributed by atoms with Crippen LogP contribution in [-0.2, 0) is 11.3 Å². The van der Waals surface area contributed by atoms with Crippen molar-refractivity contribution in [2.24, 2.45) is 4.99 Å². The van der Waals surface area contributed by atoms with Gasteiger partial charge >= 0.3 is 0 Å². The third-order valence-electron chi connectivity index (χ3n) is 6.61. The van der Waals surface area contributed by atoms with Gasteiger partial charge < -0.3 is 9.64 Å². The Kier molecular flexibility index (Phi) is 5.62. The predicted octanol–water partition coefficient (Wildman–Crippen LogP) is 3.98. The Morgan fingerprint density at radius 1 is 1.32 bits per heavy atom. The van der Waals surface area contributed by atoms with Gasteiger partial charge in [-0.1, -0.05) is 24.3 Å². The highest BCUT2D eigenvalue weighted by Gasteiger charge is 2.20. The standard InChI is InChI=1S/C26H26N6O2/c1-16-20(6-5-7-22(16)27-4)17(2)29-25-21-14-23(19-8-10-31(11-9-19)18(3)33)28-15-24(21)32-12-13-34-26(32)30-25/h5-8,14-15,17H,9-13H2,1-3H3/t17-/m1/s1. The van der Waals surface area contributed by atoms with Gasteiger partial charge in [0.05, 0.1) is 36.6 Å². The normalized spacial score (nSPS) is 16.6. The second-order valence-corrected chi connectivity index (χ2v) is 8.66. The van der Waals surface area contributed by atoms with E-state index in [-0.39, 0.29) is 11.9 Å². The minimum absolute atomic E-state index is 0.0885. The van der Waals surface area contributed by atoms with Crippen LogP contribution < -0.4 is 10.2 Å². The number of hydrogen-bond donors (Lipinski definition) is 0. The molecule has 2 aliphatic heterocycles. The fraction of sp³-hybridized carbons (Fsp3) is 0.346. The van der Waals surface area contributed by atoms with Crippen molar-refractivity contribution in [2.45, 2.75) is 39.8 Å². The average molecular weight is 455 g/mol. The summed E-state index contributed by atoms with van der Waals surface area (Å²) in [6.45, 7) is 15.6. The summed E-state index contributed by atoms with van der Waals surface area (Å²) in [5, 5.41) is 0.917. The highest BCUT2D eigenvalue weighted by atomic mass is 16.5. The zero-order chi connectivity index (χ0) is 23.8. The van der Waals surface area contributed by atoms with E-state index in [0.717, 1.165) is 46.3 Å². The summed E-state index contributed by atoms with van der Waals surface area (Å²) >= 11 is 0. The number of fused-ring (bicyclic) bond motifs is 3. The SMILES string of the molecule is [C-]#[N+]c1cccc([C@@H](C)N=c2nc3n(c4cnc(C5=CCN(C(C)=O)CC5)cc24)CCO3)c1C. The van der Waals surface area contributed by atoms with E-state index < -0.39 is 0 Å². The molecule has 5 rings (SSSR count). The summed E-state index contributed by atoms with van der Waals surface area (Å²) in [4.78, 5) is 31.6. The Morgan fingerprint density at radius 3 is 2.91 bits per heavy atom. The van der Waals surface area contributed by atoms with E-state index >= 15 is 0 Å². The number of aromatic nitrogens is 3. The fourth-order valence-electron chi connectivity index (χ4n) is 4.64. The van der Waals surface area contributed by atoms with E-state index in [4.69, 9.17) is 26.3 Å². The summed E-state index contributed by atoms with van der Waals surface area (Å²) in [6.07, 6.45) is 4.71. The molecule has 1 aromatic carbocycles. The maximum Gasteiger partial charge on any atom is 0.298 e. The summed E-state index contributed by atoms with van der Waals surface area (Å²) in [5.74, 6) is 0.0885. The monoisotopic (exact) mass is 454 g/mol. The van der Waals surface area contributed by atoms with Gasteiger partial charge in [-0.25, -0.2) is 4.85 Å². The van der Waals surface area contributed by atoms with E-state index in [1.807, 2.05) is 47.7 Å². The van der Waals surface area contributed by atoms with Crippen LogP contribution in [0.2, 0.25) is 0 Å². The zero-order valence-corrected chi connectivity index (χ0v) is 19.6. The van der Waals surface area contributed by atoms with Crippen LogP contribution in [0, 0.1) is 13.5 Å². The van der Waals surface area contributed by atoms with Crippen LogP contribution in [0.3, 0.4) is 0 Å². The van der Waals surface area contributed by atoms with E-state index in [0.29, 0.717) is 36.9 Å². The second kappa shape index (κ2) is 8.75. The quantitative estimate of drug-likeness (QED) is 0.561. The van der Waals surface area contributed by atoms with Gasteiger partial charge in [-0.05, 0) is 43.0 Å². The van der Waals surface area contributed by atoms with Gasteiger partial charge in [-0.2, -0.15) is 4.98 Å². The minimum atomic E-state index is -0.184. The first-order valence-electron chi connectivity index (χ1n) is 11.5. The van der Waals surface area contributed by atoms with Crippen molar-refractivity contribution in [3.05, 3.63) is 70.3 Å². The number of amides is 1. The van der Waals surface area contributed by atoms with Gasteiger partial charge in [-0.3, -0.25) is 19.3 Å². The first-order chi connectivity index (χ1) is 16.5. The smallest absolute Gasteiger partial charge is 0.298 e. The van der Waals surface area contributed by atoms with Crippen molar-refractivity contribution < 1.29 is 9.53 Å². The molecule has 8 nitrogen and oxygen atoms in total. The van der Waals surface area contributed by atoms with E-state index in [1.54, 1.807) is 6.92 Å². The first kappa shape index (κ1) is 21.8. The second-order valence-electron chi connectivity index (χ2n) is 8.66. The number of hydrogen-bond acceptors (Lipinski definition) is 5. The maximum absolute atomic E-state index is 11.7. The van der Waals surface area contributed by atoms with E-state index in [9.17, 15) is 4.79 Å². The third kappa shape index (κ3) is 3.83. The van der Waals surface area contributed by atoms with Crippen LogP contribution in [0.15, 0.2) is 41.5 Å². The lowest BCUT2D eigenvalue weighted by molar-refractivity contribution is -0.128. The van der Waals surface area contributed by atoms with E-state index in [1.165, 1.54) is 0 Å². The van der Waals surface area contributed by atoms with Gasteiger partial charge in [0.2, 0.25) is 5.91 Å². The van der Waals surface area contributed by atoms with Crippen LogP contribution in [-0.4, -0.2) is 45.0 Å². The van der Waals surface area contributed by atoms with Crippen LogP contribution >= 0.6 is 0 Å². The number of pyridine rings is 1. The molecule has 0 saturated heterocycles. The molecule has 0 fully saturated rings. The fourth-order valence-corrected chi connectivity index (χ4v) is 4.64. The van der Waals surface area contributed by atoms with Crippen LogP contribution in [0.25, 0.3) is 21.3 Å². The molecule has 4 heterocycles. The van der Waals surface area contributed by atoms with Crippen molar-refractivity contribution >= 4 is 28.1 Å².